The minimum atomic E-state index is 0.595. The average molecular weight is 161 g/mol. The highest BCUT2D eigenvalue weighted by Crippen LogP contribution is 2.57. The lowest BCUT2D eigenvalue weighted by Gasteiger charge is -2.56. The van der Waals surface area contributed by atoms with Crippen LogP contribution in [0.5, 0.6) is 0 Å². The van der Waals surface area contributed by atoms with Gasteiger partial charge in [0.15, 0.2) is 0 Å². The monoisotopic (exact) mass is 161 g/mol. The number of hydrogen-bond donors (Lipinski definition) is 0. The molecule has 5 rings (SSSR count). The topological polar surface area (TPSA) is 3.24 Å². The van der Waals surface area contributed by atoms with Crippen LogP contribution in [0.1, 0.15) is 19.3 Å². The van der Waals surface area contributed by atoms with Gasteiger partial charge in [0.05, 0.1) is 0 Å². The van der Waals surface area contributed by atoms with Crippen molar-refractivity contribution in [3.63, 3.8) is 0 Å². The zero-order valence-corrected chi connectivity index (χ0v) is 7.37. The molecule has 12 heavy (non-hydrogen) atoms. The molecule has 2 heterocycles. The molecule has 0 radical (unpaired) electrons. The van der Waals surface area contributed by atoms with Crippen molar-refractivity contribution in [1.82, 2.24) is 4.90 Å². The third-order valence-corrected chi connectivity index (χ3v) is 4.71. The lowest BCUT2D eigenvalue weighted by atomic mass is 9.68. The Labute approximate surface area is 73.4 Å². The molecule has 0 amide bonds. The van der Waals surface area contributed by atoms with Crippen LogP contribution in [0.4, 0.5) is 0 Å². The fraction of sp³-hybridized carbons (Fsp3) is 0.818. The van der Waals surface area contributed by atoms with Crippen LogP contribution < -0.4 is 0 Å². The van der Waals surface area contributed by atoms with Gasteiger partial charge in [0.1, 0.15) is 0 Å². The largest absolute Gasteiger partial charge is 0.293 e. The predicted octanol–water partition coefficient (Wildman–Crippen LogP) is 1.66. The van der Waals surface area contributed by atoms with Gasteiger partial charge in [-0.1, -0.05) is 12.2 Å². The van der Waals surface area contributed by atoms with E-state index in [4.69, 9.17) is 0 Å². The Kier molecular flexibility index (Phi) is 0.852. The van der Waals surface area contributed by atoms with Crippen molar-refractivity contribution >= 4 is 0 Å². The van der Waals surface area contributed by atoms with Gasteiger partial charge in [0.2, 0.25) is 0 Å². The van der Waals surface area contributed by atoms with Gasteiger partial charge in [0, 0.05) is 18.6 Å². The Morgan fingerprint density at radius 3 is 3.17 bits per heavy atom. The van der Waals surface area contributed by atoms with E-state index >= 15 is 0 Å². The van der Waals surface area contributed by atoms with Gasteiger partial charge in [0.25, 0.3) is 0 Å². The van der Waals surface area contributed by atoms with E-state index in [2.05, 4.69) is 17.1 Å². The molecule has 0 aromatic carbocycles. The lowest BCUT2D eigenvalue weighted by molar-refractivity contribution is -0.0302. The highest BCUT2D eigenvalue weighted by molar-refractivity contribution is 5.28. The first-order chi connectivity index (χ1) is 5.87. The van der Waals surface area contributed by atoms with Crippen LogP contribution in [-0.4, -0.2) is 23.5 Å². The first-order valence-corrected chi connectivity index (χ1v) is 5.31. The second-order valence-electron chi connectivity index (χ2n) is 5.25. The van der Waals surface area contributed by atoms with Crippen molar-refractivity contribution in [1.29, 1.82) is 0 Å². The van der Waals surface area contributed by atoms with Crippen molar-refractivity contribution in [2.24, 2.45) is 17.8 Å². The Hall–Kier alpha value is -0.300. The second-order valence-corrected chi connectivity index (χ2v) is 5.25. The summed E-state index contributed by atoms with van der Waals surface area (Å²) in [6.45, 7) is 2.83. The summed E-state index contributed by atoms with van der Waals surface area (Å²) in [6, 6.07) is 0. The summed E-state index contributed by atoms with van der Waals surface area (Å²) in [5, 5.41) is 0. The molecule has 3 fully saturated rings. The van der Waals surface area contributed by atoms with Crippen LogP contribution in [0.25, 0.3) is 0 Å². The van der Waals surface area contributed by atoms with Crippen LogP contribution in [0.3, 0.4) is 0 Å². The molecule has 4 unspecified atom stereocenters. The summed E-state index contributed by atoms with van der Waals surface area (Å²) < 4.78 is 0. The van der Waals surface area contributed by atoms with Crippen LogP contribution in [0.2, 0.25) is 0 Å². The molecule has 2 aliphatic heterocycles. The number of rotatable bonds is 0. The van der Waals surface area contributed by atoms with Crippen molar-refractivity contribution in [2.75, 3.05) is 13.1 Å². The molecule has 1 nitrogen and oxygen atoms in total. The van der Waals surface area contributed by atoms with Gasteiger partial charge in [-0.2, -0.15) is 0 Å². The molecule has 64 valence electrons. The fourth-order valence-corrected chi connectivity index (χ4v) is 4.21. The van der Waals surface area contributed by atoms with Gasteiger partial charge >= 0.3 is 0 Å². The summed E-state index contributed by atoms with van der Waals surface area (Å²) >= 11 is 0. The highest BCUT2D eigenvalue weighted by atomic mass is 15.3. The first-order valence-electron chi connectivity index (χ1n) is 5.31. The van der Waals surface area contributed by atoms with Crippen LogP contribution in [-0.2, 0) is 0 Å². The highest BCUT2D eigenvalue weighted by Gasteiger charge is 2.60. The molecule has 2 saturated heterocycles. The van der Waals surface area contributed by atoms with Gasteiger partial charge in [-0.3, -0.25) is 4.90 Å². The van der Waals surface area contributed by atoms with E-state index in [0.29, 0.717) is 5.54 Å². The van der Waals surface area contributed by atoms with Gasteiger partial charge in [-0.15, -0.1) is 0 Å². The lowest BCUT2D eigenvalue weighted by Crippen LogP contribution is -2.64. The summed E-state index contributed by atoms with van der Waals surface area (Å²) in [7, 11) is 0. The normalized spacial score (nSPS) is 60.2. The predicted molar refractivity (Wildman–Crippen MR) is 47.8 cm³/mol. The van der Waals surface area contributed by atoms with E-state index in [1.54, 1.807) is 0 Å². The van der Waals surface area contributed by atoms with Gasteiger partial charge in [-0.25, -0.2) is 0 Å². The Bertz CT molecular complexity index is 268. The van der Waals surface area contributed by atoms with E-state index < -0.39 is 0 Å². The van der Waals surface area contributed by atoms with Gasteiger partial charge < -0.3 is 0 Å². The SMILES string of the molecule is C1=CC23CC4CC1CC2CN3C4. The molecular formula is C11H15N. The third kappa shape index (κ3) is 0.490. The standard InChI is InChI=1S/C11H15N/c1-2-11-5-9-3-8(1)4-10(11)7-12(11)6-9/h1-2,8-10H,3-7H2. The molecule has 5 aliphatic rings. The third-order valence-electron chi connectivity index (χ3n) is 4.71. The quantitative estimate of drug-likeness (QED) is 0.488. The average Bonchev–Trinajstić information content (AvgIpc) is 2.20. The molecule has 4 atom stereocenters. The molecule has 3 bridgehead atoms. The molecule has 1 spiro atoms. The zero-order chi connectivity index (χ0) is 7.76. The molecular weight excluding hydrogens is 146 g/mol. The summed E-state index contributed by atoms with van der Waals surface area (Å²) in [5.41, 5.74) is 0.595. The van der Waals surface area contributed by atoms with Gasteiger partial charge in [-0.05, 0) is 37.0 Å². The van der Waals surface area contributed by atoms with E-state index in [0.717, 1.165) is 17.8 Å². The maximum absolute atomic E-state index is 2.73. The van der Waals surface area contributed by atoms with E-state index in [-0.39, 0.29) is 0 Å². The van der Waals surface area contributed by atoms with Crippen LogP contribution in [0.15, 0.2) is 12.2 Å². The molecule has 1 heteroatoms. The maximum atomic E-state index is 2.73. The van der Waals surface area contributed by atoms with E-state index in [1.807, 2.05) is 0 Å². The fourth-order valence-electron chi connectivity index (χ4n) is 4.21. The summed E-state index contributed by atoms with van der Waals surface area (Å²) in [6.07, 6.45) is 9.56. The minimum absolute atomic E-state index is 0.595. The number of hydrogen-bond acceptors (Lipinski definition) is 1. The smallest absolute Gasteiger partial charge is 0.0435 e. The molecule has 0 N–H and O–H groups in total. The minimum Gasteiger partial charge on any atom is -0.293 e. The molecule has 0 aromatic heterocycles. The maximum Gasteiger partial charge on any atom is 0.0435 e. The Morgan fingerprint density at radius 2 is 2.25 bits per heavy atom. The first kappa shape index (κ1) is 6.20. The Morgan fingerprint density at radius 1 is 1.25 bits per heavy atom. The van der Waals surface area contributed by atoms with Crippen molar-refractivity contribution in [2.45, 2.75) is 24.8 Å². The van der Waals surface area contributed by atoms with Crippen molar-refractivity contribution in [3.05, 3.63) is 12.2 Å². The molecule has 0 aromatic rings. The van der Waals surface area contributed by atoms with E-state index in [1.165, 1.54) is 32.4 Å². The summed E-state index contributed by atoms with van der Waals surface area (Å²) in [4.78, 5) is 2.73. The van der Waals surface area contributed by atoms with Crippen molar-refractivity contribution in [3.8, 4) is 0 Å². The van der Waals surface area contributed by atoms with Crippen LogP contribution >= 0.6 is 0 Å². The zero-order valence-electron chi connectivity index (χ0n) is 7.37. The summed E-state index contributed by atoms with van der Waals surface area (Å²) in [5.74, 6) is 3.04. The Balaban J connectivity index is 1.92. The van der Waals surface area contributed by atoms with Crippen molar-refractivity contribution < 1.29 is 0 Å². The number of nitrogens with zero attached hydrogens (tertiary/aromatic N) is 1. The second kappa shape index (κ2) is 1.65. The molecule has 1 saturated carbocycles. The number of allylic oxidation sites excluding steroid dienone is 1. The van der Waals surface area contributed by atoms with E-state index in [9.17, 15) is 0 Å². The molecule has 3 aliphatic carbocycles. The van der Waals surface area contributed by atoms with Crippen LogP contribution in [0, 0.1) is 17.8 Å².